The first-order chi connectivity index (χ1) is 13.1. The van der Waals surface area contributed by atoms with Crippen LogP contribution in [0, 0.1) is 0 Å². The molecule has 0 atom stereocenters. The number of nitrogens with one attached hydrogen (secondary N) is 2. The lowest BCUT2D eigenvalue weighted by atomic mass is 10.3. The third-order valence-electron chi connectivity index (χ3n) is 4.58. The largest absolute Gasteiger partial charge is 0.379 e. The molecule has 0 spiro atoms. The van der Waals surface area contributed by atoms with Gasteiger partial charge in [-0.15, -0.1) is 0 Å². The quantitative estimate of drug-likeness (QED) is 0.655. The summed E-state index contributed by atoms with van der Waals surface area (Å²) in [4.78, 5) is 18.5. The average molecular weight is 406 g/mol. The van der Waals surface area contributed by atoms with E-state index in [0.717, 1.165) is 44.1 Å². The average Bonchev–Trinajstić information content (AvgIpc) is 3.05. The Morgan fingerprint density at radius 1 is 1.19 bits per heavy atom. The highest BCUT2D eigenvalue weighted by Gasteiger charge is 2.26. The smallest absolute Gasteiger partial charge is 0.351 e. The minimum Gasteiger partial charge on any atom is -0.379 e. The summed E-state index contributed by atoms with van der Waals surface area (Å²) in [7, 11) is 0. The molecule has 1 fully saturated rings. The maximum Gasteiger partial charge on any atom is 0.351 e. The van der Waals surface area contributed by atoms with Crippen LogP contribution in [-0.4, -0.2) is 42.1 Å². The van der Waals surface area contributed by atoms with Gasteiger partial charge in [-0.1, -0.05) is 35.3 Å². The van der Waals surface area contributed by atoms with Crippen LogP contribution in [0.5, 0.6) is 0 Å². The van der Waals surface area contributed by atoms with E-state index in [1.165, 1.54) is 0 Å². The van der Waals surface area contributed by atoms with Gasteiger partial charge in [-0.2, -0.15) is 4.40 Å². The molecule has 3 aromatic rings. The zero-order valence-electron chi connectivity index (χ0n) is 14.5. The summed E-state index contributed by atoms with van der Waals surface area (Å²) < 4.78 is 7.26. The van der Waals surface area contributed by atoms with Crippen molar-refractivity contribution in [1.29, 1.82) is 0 Å². The van der Waals surface area contributed by atoms with Crippen molar-refractivity contribution in [2.45, 2.75) is 6.54 Å². The Labute approximate surface area is 166 Å². The van der Waals surface area contributed by atoms with Crippen LogP contribution in [0.15, 0.2) is 42.6 Å². The number of rotatable bonds is 4. The third kappa shape index (κ3) is 3.80. The molecule has 3 heterocycles. The molecule has 140 valence electrons. The second kappa shape index (κ2) is 7.86. The number of aromatic amines is 1. The Balaban J connectivity index is 1.64. The predicted octanol–water partition coefficient (Wildman–Crippen LogP) is 3.14. The molecule has 0 aliphatic carbocycles. The molecule has 0 radical (unpaired) electrons. The van der Waals surface area contributed by atoms with E-state index >= 15 is 0 Å². The minimum absolute atomic E-state index is 0.284. The number of hydrogen-bond acceptors (Lipinski definition) is 3. The van der Waals surface area contributed by atoms with Crippen molar-refractivity contribution < 1.29 is 13.9 Å². The highest BCUT2D eigenvalue weighted by Crippen LogP contribution is 2.29. The maximum atomic E-state index is 12.9. The van der Waals surface area contributed by atoms with Gasteiger partial charge in [0, 0.05) is 13.1 Å². The topological polar surface area (TPSA) is 61.5 Å². The molecule has 0 saturated carbocycles. The van der Waals surface area contributed by atoms with Crippen LogP contribution in [0.2, 0.25) is 10.0 Å². The van der Waals surface area contributed by atoms with Crippen LogP contribution >= 0.6 is 23.2 Å². The second-order valence-corrected chi connectivity index (χ2v) is 7.14. The summed E-state index contributed by atoms with van der Waals surface area (Å²) in [5.74, 6) is 0.151. The summed E-state index contributed by atoms with van der Waals surface area (Å²) in [6, 6.07) is 11.0. The summed E-state index contributed by atoms with van der Waals surface area (Å²) in [5.41, 5.74) is 2.43. The molecule has 1 saturated heterocycles. The highest BCUT2D eigenvalue weighted by molar-refractivity contribution is 6.44. The third-order valence-corrected chi connectivity index (χ3v) is 5.40. The van der Waals surface area contributed by atoms with E-state index in [1.54, 1.807) is 18.2 Å². The number of ether oxygens (including phenoxy) is 1. The summed E-state index contributed by atoms with van der Waals surface area (Å²) in [6.45, 7) is 3.93. The number of aromatic nitrogens is 2. The van der Waals surface area contributed by atoms with Gasteiger partial charge in [-0.25, -0.2) is 4.98 Å². The fourth-order valence-corrected chi connectivity index (χ4v) is 3.55. The number of halogens is 2. The monoisotopic (exact) mass is 405 g/mol. The van der Waals surface area contributed by atoms with Crippen molar-refractivity contribution in [3.05, 3.63) is 64.2 Å². The van der Waals surface area contributed by atoms with Gasteiger partial charge in [0.25, 0.3) is 0 Å². The molecule has 1 aliphatic heterocycles. The van der Waals surface area contributed by atoms with Crippen LogP contribution < -0.4 is 9.72 Å². The fourth-order valence-electron chi connectivity index (χ4n) is 3.20. The molecule has 2 N–H and O–H groups in total. The van der Waals surface area contributed by atoms with Crippen LogP contribution in [0.4, 0.5) is 5.69 Å². The number of imidazole rings is 1. The lowest BCUT2D eigenvalue weighted by molar-refractivity contribution is -0.514. The first kappa shape index (κ1) is 18.3. The number of hydrogen-bond donors (Lipinski definition) is 2. The number of carbonyl (C=O) groups excluding carboxylic acids is 1. The van der Waals surface area contributed by atoms with Crippen molar-refractivity contribution in [2.75, 3.05) is 31.6 Å². The van der Waals surface area contributed by atoms with E-state index in [2.05, 4.69) is 15.2 Å². The fraction of sp³-hybridized carbons (Fsp3) is 0.263. The molecular formula is C19H19Cl2N4O2+. The maximum absolute atomic E-state index is 12.9. The van der Waals surface area contributed by atoms with Gasteiger partial charge in [0.05, 0.1) is 41.7 Å². The molecule has 1 amide bonds. The highest BCUT2D eigenvalue weighted by atomic mass is 35.5. The van der Waals surface area contributed by atoms with Crippen molar-refractivity contribution in [3.8, 4) is 0 Å². The van der Waals surface area contributed by atoms with Gasteiger partial charge in [0.2, 0.25) is 0 Å². The number of H-pyrrole nitrogens is 1. The van der Waals surface area contributed by atoms with Gasteiger partial charge < -0.3 is 10.1 Å². The second-order valence-electron chi connectivity index (χ2n) is 6.35. The number of fused-ring (bicyclic) bond motifs is 1. The van der Waals surface area contributed by atoms with Crippen LogP contribution in [-0.2, 0) is 11.3 Å². The van der Waals surface area contributed by atoms with E-state index in [9.17, 15) is 4.79 Å². The number of amides is 1. The molecule has 4 rings (SSSR count). The Bertz CT molecular complexity index is 983. The van der Waals surface area contributed by atoms with Gasteiger partial charge >= 0.3 is 11.7 Å². The molecule has 1 aromatic carbocycles. The van der Waals surface area contributed by atoms with Crippen molar-refractivity contribution in [2.24, 2.45) is 0 Å². The molecule has 1 aliphatic rings. The van der Waals surface area contributed by atoms with E-state index in [4.69, 9.17) is 27.9 Å². The lowest BCUT2D eigenvalue weighted by Gasteiger charge is -2.25. The van der Waals surface area contributed by atoms with Crippen LogP contribution in [0.3, 0.4) is 0 Å². The number of pyridine rings is 1. The zero-order chi connectivity index (χ0) is 18.8. The Morgan fingerprint density at radius 3 is 2.81 bits per heavy atom. The zero-order valence-corrected chi connectivity index (χ0v) is 16.1. The number of carbonyl (C=O) groups is 1. The molecule has 0 bridgehead atoms. The molecule has 0 unspecified atom stereocenters. The van der Waals surface area contributed by atoms with E-state index < -0.39 is 0 Å². The number of anilines is 1. The van der Waals surface area contributed by atoms with E-state index in [-0.39, 0.29) is 5.91 Å². The molecule has 6 nitrogen and oxygen atoms in total. The number of morpholine rings is 1. The summed E-state index contributed by atoms with van der Waals surface area (Å²) >= 11 is 12.2. The van der Waals surface area contributed by atoms with Crippen molar-refractivity contribution >= 4 is 40.3 Å². The lowest BCUT2D eigenvalue weighted by Crippen LogP contribution is -2.35. The molecular weight excluding hydrogens is 387 g/mol. The van der Waals surface area contributed by atoms with Gasteiger partial charge in [-0.3, -0.25) is 9.69 Å². The van der Waals surface area contributed by atoms with Crippen molar-refractivity contribution in [3.63, 3.8) is 0 Å². The standard InChI is InChI=1S/C19H18Cl2N4O2/c20-13-4-3-5-14(17(13)21)23-19(26)18-22-15(12-24-8-10-27-11-9-24)16-6-1-2-7-25(16)18/h1-7H,8-12H2,(H,23,26)/p+1. The van der Waals surface area contributed by atoms with Crippen molar-refractivity contribution in [1.82, 2.24) is 9.88 Å². The minimum atomic E-state index is -0.284. The normalized spacial score (nSPS) is 15.2. The first-order valence-corrected chi connectivity index (χ1v) is 9.46. The van der Waals surface area contributed by atoms with Gasteiger partial charge in [0.15, 0.2) is 11.2 Å². The van der Waals surface area contributed by atoms with Crippen LogP contribution in [0.25, 0.3) is 5.52 Å². The van der Waals surface area contributed by atoms with E-state index in [0.29, 0.717) is 21.6 Å². The van der Waals surface area contributed by atoms with Crippen LogP contribution in [0.1, 0.15) is 16.3 Å². The number of nitrogens with zero attached hydrogens (tertiary/aromatic N) is 2. The van der Waals surface area contributed by atoms with E-state index in [1.807, 2.05) is 28.8 Å². The summed E-state index contributed by atoms with van der Waals surface area (Å²) in [6.07, 6.45) is 1.86. The van der Waals surface area contributed by atoms with Gasteiger partial charge in [0.1, 0.15) is 0 Å². The first-order valence-electron chi connectivity index (χ1n) is 8.70. The molecule has 27 heavy (non-hydrogen) atoms. The van der Waals surface area contributed by atoms with Gasteiger partial charge in [-0.05, 0) is 24.3 Å². The Hall–Kier alpha value is -2.12. The predicted molar refractivity (Wildman–Crippen MR) is 104 cm³/mol. The SMILES string of the molecule is O=C(Nc1cccc(Cl)c1Cl)c1[nH]c(CN2CCOCC2)c2cccc[n+]12. The molecule has 8 heteroatoms. The molecule has 2 aromatic heterocycles. The Morgan fingerprint density at radius 2 is 2.00 bits per heavy atom. The Kier molecular flexibility index (Phi) is 5.31. The summed E-state index contributed by atoms with van der Waals surface area (Å²) in [5, 5.41) is 3.55. The number of benzene rings is 1.